The summed E-state index contributed by atoms with van der Waals surface area (Å²) >= 11 is 0. The fourth-order valence-electron chi connectivity index (χ4n) is 2.53. The predicted octanol–water partition coefficient (Wildman–Crippen LogP) is -1.44. The summed E-state index contributed by atoms with van der Waals surface area (Å²) in [4.78, 5) is 29.9. The zero-order valence-corrected chi connectivity index (χ0v) is 13.4. The van der Waals surface area contributed by atoms with Crippen molar-refractivity contribution in [2.45, 2.75) is 24.5 Å². The van der Waals surface area contributed by atoms with Crippen LogP contribution in [0.4, 0.5) is 5.82 Å². The summed E-state index contributed by atoms with van der Waals surface area (Å²) in [6, 6.07) is -0.899. The monoisotopic (exact) mass is 360 g/mol. The molecule has 0 amide bonds. The maximum Gasteiger partial charge on any atom is 0.469 e. The van der Waals surface area contributed by atoms with E-state index in [1.165, 1.54) is 17.2 Å². The lowest BCUT2D eigenvalue weighted by atomic mass is 10.1. The molecule has 12 nitrogen and oxygen atoms in total. The van der Waals surface area contributed by atoms with Gasteiger partial charge in [-0.15, -0.1) is 0 Å². The van der Waals surface area contributed by atoms with Crippen molar-refractivity contribution in [3.8, 4) is 0 Å². The number of imidazole rings is 1. The quantitative estimate of drug-likeness (QED) is 0.394. The summed E-state index contributed by atoms with van der Waals surface area (Å²) in [5, 5.41) is 13.2. The van der Waals surface area contributed by atoms with Gasteiger partial charge in [0.15, 0.2) is 17.7 Å². The van der Waals surface area contributed by atoms with Crippen molar-refractivity contribution >= 4 is 24.8 Å². The molecule has 24 heavy (non-hydrogen) atoms. The molecule has 3 heterocycles. The van der Waals surface area contributed by atoms with Gasteiger partial charge < -0.3 is 30.7 Å². The molecular weight excluding hydrogens is 343 g/mol. The van der Waals surface area contributed by atoms with Gasteiger partial charge in [-0.1, -0.05) is 0 Å². The molecule has 0 radical (unpaired) electrons. The van der Waals surface area contributed by atoms with E-state index in [-0.39, 0.29) is 0 Å². The summed E-state index contributed by atoms with van der Waals surface area (Å²) < 4.78 is 22.3. The number of rotatable bonds is 5. The number of nitrogens with zero attached hydrogens (tertiary/aromatic N) is 4. The Labute approximate surface area is 135 Å². The molecule has 0 spiro atoms. The zero-order valence-electron chi connectivity index (χ0n) is 12.6. The van der Waals surface area contributed by atoms with Crippen LogP contribution in [-0.4, -0.2) is 66.3 Å². The van der Waals surface area contributed by atoms with Gasteiger partial charge in [0, 0.05) is 7.05 Å². The van der Waals surface area contributed by atoms with Crippen molar-refractivity contribution in [1.29, 1.82) is 0 Å². The third kappa shape index (κ3) is 3.13. The smallest absolute Gasteiger partial charge is 0.387 e. The van der Waals surface area contributed by atoms with Crippen molar-refractivity contribution in [2.24, 2.45) is 5.73 Å². The van der Waals surface area contributed by atoms with E-state index in [4.69, 9.17) is 20.3 Å². The lowest BCUT2D eigenvalue weighted by Gasteiger charge is -2.16. The van der Waals surface area contributed by atoms with E-state index in [9.17, 15) is 9.67 Å². The molecule has 4 atom stereocenters. The van der Waals surface area contributed by atoms with Gasteiger partial charge in [0.05, 0.1) is 19.0 Å². The molecule has 1 fully saturated rings. The van der Waals surface area contributed by atoms with Gasteiger partial charge in [-0.3, -0.25) is 9.09 Å². The third-order valence-electron chi connectivity index (χ3n) is 3.71. The minimum atomic E-state index is -4.66. The Morgan fingerprint density at radius 1 is 1.46 bits per heavy atom. The van der Waals surface area contributed by atoms with E-state index in [1.807, 2.05) is 0 Å². The molecule has 0 bridgehead atoms. The Hall–Kier alpha value is -1.66. The molecule has 0 saturated carbocycles. The zero-order chi connectivity index (χ0) is 17.5. The van der Waals surface area contributed by atoms with Gasteiger partial charge in [-0.05, 0) is 0 Å². The standard InChI is InChI=1S/C11H17N6O6P/c1-13-9-7-10(15-3-14-9)17(4-16-7)11-8(18)6(12)5(23-11)2-22-24(19,20)21/h3-6,8,11,18H,2,12H2,1H3,(H,13,14,15)(H2,19,20,21)/t5-,6-,8-,11-/m1/s1. The number of nitrogens with two attached hydrogens (primary N) is 1. The summed E-state index contributed by atoms with van der Waals surface area (Å²) in [6.07, 6.45) is -0.203. The van der Waals surface area contributed by atoms with Crippen molar-refractivity contribution in [1.82, 2.24) is 19.5 Å². The van der Waals surface area contributed by atoms with E-state index in [0.717, 1.165) is 0 Å². The van der Waals surface area contributed by atoms with Crippen molar-refractivity contribution < 1.29 is 28.7 Å². The fraction of sp³-hybridized carbons (Fsp3) is 0.545. The van der Waals surface area contributed by atoms with Gasteiger partial charge in [0.1, 0.15) is 24.1 Å². The molecule has 0 unspecified atom stereocenters. The van der Waals surface area contributed by atoms with Crippen LogP contribution < -0.4 is 11.1 Å². The number of anilines is 1. The van der Waals surface area contributed by atoms with Gasteiger partial charge in [-0.25, -0.2) is 19.5 Å². The minimum Gasteiger partial charge on any atom is -0.387 e. The van der Waals surface area contributed by atoms with E-state index >= 15 is 0 Å². The van der Waals surface area contributed by atoms with Crippen LogP contribution in [0.5, 0.6) is 0 Å². The van der Waals surface area contributed by atoms with Crippen LogP contribution in [-0.2, 0) is 13.8 Å². The SMILES string of the molecule is CNc1ncnc2c1ncn2[C@@H]1O[C@H](COP(=O)(O)O)[C@@H](N)[C@H]1O. The number of aromatic nitrogens is 4. The highest BCUT2D eigenvalue weighted by Gasteiger charge is 2.44. The molecule has 13 heteroatoms. The number of aliphatic hydroxyl groups is 1. The number of nitrogens with one attached hydrogen (secondary N) is 1. The van der Waals surface area contributed by atoms with Crippen LogP contribution in [0.2, 0.25) is 0 Å². The molecule has 1 aliphatic rings. The molecule has 1 aliphatic heterocycles. The van der Waals surface area contributed by atoms with Crippen LogP contribution in [0.1, 0.15) is 6.23 Å². The van der Waals surface area contributed by atoms with E-state index < -0.39 is 38.9 Å². The lowest BCUT2D eigenvalue weighted by molar-refractivity contribution is -0.0483. The predicted molar refractivity (Wildman–Crippen MR) is 80.8 cm³/mol. The Morgan fingerprint density at radius 3 is 2.88 bits per heavy atom. The Morgan fingerprint density at radius 2 is 2.21 bits per heavy atom. The molecule has 132 valence electrons. The second-order valence-corrected chi connectivity index (χ2v) is 6.46. The summed E-state index contributed by atoms with van der Waals surface area (Å²) in [5.41, 5.74) is 6.77. The number of hydrogen-bond acceptors (Lipinski definition) is 9. The first-order chi connectivity index (χ1) is 11.3. The maximum atomic E-state index is 10.8. The third-order valence-corrected chi connectivity index (χ3v) is 4.19. The summed E-state index contributed by atoms with van der Waals surface area (Å²) in [5.74, 6) is 0.511. The Kier molecular flexibility index (Phi) is 4.53. The van der Waals surface area contributed by atoms with Crippen LogP contribution in [0.15, 0.2) is 12.7 Å². The van der Waals surface area contributed by atoms with Crippen LogP contribution >= 0.6 is 7.82 Å². The number of fused-ring (bicyclic) bond motifs is 1. The number of hydrogen-bond donors (Lipinski definition) is 5. The first kappa shape index (κ1) is 17.2. The number of aliphatic hydroxyl groups excluding tert-OH is 1. The molecule has 3 rings (SSSR count). The summed E-state index contributed by atoms with van der Waals surface area (Å²) in [6.45, 7) is -0.456. The topological polar surface area (TPSA) is 178 Å². The average molecular weight is 360 g/mol. The maximum absolute atomic E-state index is 10.8. The second-order valence-electron chi connectivity index (χ2n) is 5.22. The molecule has 1 saturated heterocycles. The van der Waals surface area contributed by atoms with Gasteiger partial charge >= 0.3 is 7.82 Å². The first-order valence-corrected chi connectivity index (χ1v) is 8.49. The first-order valence-electron chi connectivity index (χ1n) is 6.96. The van der Waals surface area contributed by atoms with E-state index in [2.05, 4.69) is 24.8 Å². The van der Waals surface area contributed by atoms with Gasteiger partial charge in [-0.2, -0.15) is 0 Å². The Balaban J connectivity index is 1.86. The molecule has 0 aliphatic carbocycles. The van der Waals surface area contributed by atoms with Gasteiger partial charge in [0.2, 0.25) is 0 Å². The second kappa shape index (κ2) is 6.33. The number of phosphoric acid groups is 1. The largest absolute Gasteiger partial charge is 0.469 e. The van der Waals surface area contributed by atoms with Crippen molar-refractivity contribution in [3.05, 3.63) is 12.7 Å². The van der Waals surface area contributed by atoms with Crippen LogP contribution in [0.3, 0.4) is 0 Å². The molecule has 2 aromatic rings. The normalized spacial score (nSPS) is 27.7. The highest BCUT2D eigenvalue weighted by molar-refractivity contribution is 7.46. The number of ether oxygens (including phenoxy) is 1. The fourth-order valence-corrected chi connectivity index (χ4v) is 2.87. The number of phosphoric ester groups is 1. The highest BCUT2D eigenvalue weighted by Crippen LogP contribution is 2.38. The lowest BCUT2D eigenvalue weighted by Crippen LogP contribution is -2.41. The van der Waals surface area contributed by atoms with E-state index in [1.54, 1.807) is 7.05 Å². The van der Waals surface area contributed by atoms with Crippen LogP contribution in [0, 0.1) is 0 Å². The minimum absolute atomic E-state index is 0.419. The van der Waals surface area contributed by atoms with Crippen molar-refractivity contribution in [2.75, 3.05) is 19.0 Å². The Bertz CT molecular complexity index is 779. The van der Waals surface area contributed by atoms with Crippen LogP contribution in [0.25, 0.3) is 11.2 Å². The summed E-state index contributed by atoms with van der Waals surface area (Å²) in [7, 11) is -2.97. The average Bonchev–Trinajstić information content (AvgIpc) is 3.07. The highest BCUT2D eigenvalue weighted by atomic mass is 31.2. The molecular formula is C11H17N6O6P. The molecule has 2 aromatic heterocycles. The molecule has 6 N–H and O–H groups in total. The van der Waals surface area contributed by atoms with Crippen molar-refractivity contribution in [3.63, 3.8) is 0 Å². The van der Waals surface area contributed by atoms with Gasteiger partial charge in [0.25, 0.3) is 0 Å². The van der Waals surface area contributed by atoms with E-state index in [0.29, 0.717) is 17.0 Å². The molecule has 0 aromatic carbocycles.